The molecule has 0 aromatic heterocycles. The standard InChI is InChI=1S/C20H32N2O3/c1-21(13-18(23)24)17-3-2-5-22(6-4-17)19(25)20-10-14-7-15(11-20)9-16(8-14)12-20/h14-17H,2-13H2,1H3,(H,23,24). The van der Waals surface area contributed by atoms with Crippen LogP contribution in [0, 0.1) is 23.2 Å². The number of carbonyl (C=O) groups excluding carboxylic acids is 1. The molecular weight excluding hydrogens is 316 g/mol. The molecular formula is C20H32N2O3. The molecule has 0 aromatic carbocycles. The number of amides is 1. The van der Waals surface area contributed by atoms with Crippen molar-refractivity contribution in [1.82, 2.24) is 9.80 Å². The number of carbonyl (C=O) groups is 2. The molecule has 140 valence electrons. The first-order valence-electron chi connectivity index (χ1n) is 10.2. The van der Waals surface area contributed by atoms with Crippen LogP contribution in [-0.2, 0) is 9.59 Å². The molecule has 5 rings (SSSR count). The Morgan fingerprint density at radius 3 is 2.20 bits per heavy atom. The molecule has 1 aliphatic heterocycles. The topological polar surface area (TPSA) is 60.9 Å². The second-order valence-corrected chi connectivity index (χ2v) is 9.38. The van der Waals surface area contributed by atoms with Crippen LogP contribution >= 0.6 is 0 Å². The van der Waals surface area contributed by atoms with Gasteiger partial charge in [0.2, 0.25) is 5.91 Å². The SMILES string of the molecule is CN(CC(=O)O)C1CCCN(C(=O)C23CC4CC(CC(C4)C2)C3)CC1. The van der Waals surface area contributed by atoms with Crippen LogP contribution in [0.3, 0.4) is 0 Å². The van der Waals surface area contributed by atoms with E-state index in [-0.39, 0.29) is 18.0 Å². The summed E-state index contributed by atoms with van der Waals surface area (Å²) >= 11 is 0. The molecule has 1 N–H and O–H groups in total. The van der Waals surface area contributed by atoms with E-state index in [9.17, 15) is 9.59 Å². The van der Waals surface area contributed by atoms with E-state index in [0.29, 0.717) is 5.91 Å². The molecule has 4 saturated carbocycles. The van der Waals surface area contributed by atoms with Crippen molar-refractivity contribution in [3.05, 3.63) is 0 Å². The molecule has 4 aliphatic carbocycles. The van der Waals surface area contributed by atoms with Gasteiger partial charge in [-0.3, -0.25) is 14.5 Å². The van der Waals surface area contributed by atoms with Gasteiger partial charge in [-0.05, 0) is 82.6 Å². The van der Waals surface area contributed by atoms with Gasteiger partial charge in [0, 0.05) is 19.1 Å². The van der Waals surface area contributed by atoms with Crippen molar-refractivity contribution in [3.8, 4) is 0 Å². The molecule has 0 radical (unpaired) electrons. The zero-order valence-corrected chi connectivity index (χ0v) is 15.5. The van der Waals surface area contributed by atoms with Crippen LogP contribution < -0.4 is 0 Å². The van der Waals surface area contributed by atoms with Crippen LogP contribution in [0.25, 0.3) is 0 Å². The average Bonchev–Trinajstić information content (AvgIpc) is 2.78. The summed E-state index contributed by atoms with van der Waals surface area (Å²) < 4.78 is 0. The normalized spacial score (nSPS) is 40.3. The summed E-state index contributed by atoms with van der Waals surface area (Å²) in [7, 11) is 1.90. The van der Waals surface area contributed by atoms with Crippen molar-refractivity contribution >= 4 is 11.9 Å². The van der Waals surface area contributed by atoms with Crippen molar-refractivity contribution in [3.63, 3.8) is 0 Å². The number of nitrogens with zero attached hydrogens (tertiary/aromatic N) is 2. The maximum Gasteiger partial charge on any atom is 0.317 e. The molecule has 1 heterocycles. The van der Waals surface area contributed by atoms with Gasteiger partial charge in [0.15, 0.2) is 0 Å². The molecule has 25 heavy (non-hydrogen) atoms. The Bertz CT molecular complexity index is 512. The smallest absolute Gasteiger partial charge is 0.317 e. The third kappa shape index (κ3) is 3.32. The van der Waals surface area contributed by atoms with Crippen molar-refractivity contribution in [2.45, 2.75) is 63.8 Å². The number of carboxylic acids is 1. The van der Waals surface area contributed by atoms with Gasteiger partial charge < -0.3 is 10.0 Å². The maximum absolute atomic E-state index is 13.5. The van der Waals surface area contributed by atoms with Gasteiger partial charge in [0.05, 0.1) is 12.0 Å². The van der Waals surface area contributed by atoms with Gasteiger partial charge in [-0.15, -0.1) is 0 Å². The highest BCUT2D eigenvalue weighted by Gasteiger charge is 2.55. The average molecular weight is 348 g/mol. The molecule has 5 heteroatoms. The predicted octanol–water partition coefficient (Wildman–Crippen LogP) is 2.60. The quantitative estimate of drug-likeness (QED) is 0.848. The minimum atomic E-state index is -0.770. The van der Waals surface area contributed by atoms with E-state index in [1.165, 1.54) is 19.3 Å². The van der Waals surface area contributed by atoms with Crippen molar-refractivity contribution < 1.29 is 14.7 Å². The molecule has 1 saturated heterocycles. The van der Waals surface area contributed by atoms with Crippen LogP contribution in [-0.4, -0.2) is 59.5 Å². The Hall–Kier alpha value is -1.10. The number of hydrogen-bond acceptors (Lipinski definition) is 3. The second kappa shape index (κ2) is 6.57. The highest BCUT2D eigenvalue weighted by molar-refractivity contribution is 5.83. The van der Waals surface area contributed by atoms with Gasteiger partial charge in [0.1, 0.15) is 0 Å². The van der Waals surface area contributed by atoms with Crippen LogP contribution in [0.15, 0.2) is 0 Å². The maximum atomic E-state index is 13.5. The van der Waals surface area contributed by atoms with E-state index < -0.39 is 5.97 Å². The molecule has 4 bridgehead atoms. The summed E-state index contributed by atoms with van der Waals surface area (Å²) in [4.78, 5) is 28.5. The van der Waals surface area contributed by atoms with E-state index >= 15 is 0 Å². The Morgan fingerprint density at radius 2 is 1.64 bits per heavy atom. The van der Waals surface area contributed by atoms with E-state index in [0.717, 1.165) is 69.4 Å². The van der Waals surface area contributed by atoms with Crippen LogP contribution in [0.5, 0.6) is 0 Å². The van der Waals surface area contributed by atoms with Gasteiger partial charge in [-0.2, -0.15) is 0 Å². The minimum absolute atomic E-state index is 0.0401. The number of likely N-dealkylation sites (N-methyl/N-ethyl adjacent to an activating group) is 1. The lowest BCUT2D eigenvalue weighted by Crippen LogP contribution is -2.54. The molecule has 5 fully saturated rings. The fraction of sp³-hybridized carbons (Fsp3) is 0.900. The van der Waals surface area contributed by atoms with Gasteiger partial charge >= 0.3 is 5.97 Å². The molecule has 1 amide bonds. The zero-order chi connectivity index (χ0) is 17.6. The molecule has 1 atom stereocenters. The third-order valence-corrected chi connectivity index (χ3v) is 7.48. The lowest BCUT2D eigenvalue weighted by atomic mass is 9.49. The largest absolute Gasteiger partial charge is 0.480 e. The summed E-state index contributed by atoms with van der Waals surface area (Å²) in [6, 6.07) is 0.283. The Balaban J connectivity index is 1.41. The molecule has 0 aromatic rings. The lowest BCUT2D eigenvalue weighted by Gasteiger charge is -2.56. The van der Waals surface area contributed by atoms with Gasteiger partial charge in [-0.25, -0.2) is 0 Å². The molecule has 0 spiro atoms. The van der Waals surface area contributed by atoms with E-state index in [4.69, 9.17) is 5.11 Å². The summed E-state index contributed by atoms with van der Waals surface area (Å²) in [5.74, 6) is 2.08. The number of hydrogen-bond donors (Lipinski definition) is 1. The van der Waals surface area contributed by atoms with Crippen molar-refractivity contribution in [1.29, 1.82) is 0 Å². The minimum Gasteiger partial charge on any atom is -0.480 e. The second-order valence-electron chi connectivity index (χ2n) is 9.38. The Kier molecular flexibility index (Phi) is 4.55. The first-order chi connectivity index (χ1) is 11.9. The lowest BCUT2D eigenvalue weighted by molar-refractivity contribution is -0.157. The van der Waals surface area contributed by atoms with Gasteiger partial charge in [0.25, 0.3) is 0 Å². The van der Waals surface area contributed by atoms with Gasteiger partial charge in [-0.1, -0.05) is 0 Å². The Labute approximate surface area is 150 Å². The molecule has 5 nitrogen and oxygen atoms in total. The van der Waals surface area contributed by atoms with Crippen LogP contribution in [0.4, 0.5) is 0 Å². The van der Waals surface area contributed by atoms with Crippen LogP contribution in [0.2, 0.25) is 0 Å². The first kappa shape index (κ1) is 17.3. The summed E-state index contributed by atoms with van der Waals surface area (Å²) in [5.41, 5.74) is -0.0401. The summed E-state index contributed by atoms with van der Waals surface area (Å²) in [5, 5.41) is 9.02. The number of rotatable bonds is 4. The van der Waals surface area contributed by atoms with E-state index in [1.54, 1.807) is 0 Å². The fourth-order valence-electron chi connectivity index (χ4n) is 6.77. The molecule has 5 aliphatic rings. The van der Waals surface area contributed by atoms with Crippen molar-refractivity contribution in [2.75, 3.05) is 26.7 Å². The van der Waals surface area contributed by atoms with Crippen LogP contribution in [0.1, 0.15) is 57.8 Å². The number of likely N-dealkylation sites (tertiary alicyclic amines) is 1. The highest BCUT2D eigenvalue weighted by atomic mass is 16.4. The number of carboxylic acid groups (broad SMARTS) is 1. The predicted molar refractivity (Wildman–Crippen MR) is 95.1 cm³/mol. The van der Waals surface area contributed by atoms with E-state index in [2.05, 4.69) is 4.90 Å². The summed E-state index contributed by atoms with van der Waals surface area (Å²) in [6.07, 6.45) is 10.4. The van der Waals surface area contributed by atoms with E-state index in [1.807, 2.05) is 11.9 Å². The summed E-state index contributed by atoms with van der Waals surface area (Å²) in [6.45, 7) is 1.75. The highest BCUT2D eigenvalue weighted by Crippen LogP contribution is 2.60. The Morgan fingerprint density at radius 1 is 1.04 bits per heavy atom. The molecule has 1 unspecified atom stereocenters. The monoisotopic (exact) mass is 348 g/mol. The first-order valence-corrected chi connectivity index (χ1v) is 10.2. The zero-order valence-electron chi connectivity index (χ0n) is 15.5. The fourth-order valence-corrected chi connectivity index (χ4v) is 6.77. The van der Waals surface area contributed by atoms with Crippen molar-refractivity contribution in [2.24, 2.45) is 23.2 Å². The number of aliphatic carboxylic acids is 1. The third-order valence-electron chi connectivity index (χ3n) is 7.48.